The third-order valence-corrected chi connectivity index (χ3v) is 1.65. The lowest BCUT2D eigenvalue weighted by Gasteiger charge is -1.94. The van der Waals surface area contributed by atoms with Gasteiger partial charge in [0.15, 0.2) is 0 Å². The van der Waals surface area contributed by atoms with Gasteiger partial charge >= 0.3 is 0 Å². The van der Waals surface area contributed by atoms with Gasteiger partial charge in [-0.3, -0.25) is 0 Å². The third kappa shape index (κ3) is 0.846. The smallest absolute Gasteiger partial charge is 0.0145 e. The first-order chi connectivity index (χ1) is 3.22. The first-order valence-electron chi connectivity index (χ1n) is 2.89. The summed E-state index contributed by atoms with van der Waals surface area (Å²) in [5, 5.41) is 0. The first-order valence-corrected chi connectivity index (χ1v) is 2.89. The van der Waals surface area contributed by atoms with Crippen molar-refractivity contribution in [3.63, 3.8) is 0 Å². The van der Waals surface area contributed by atoms with Crippen LogP contribution in [0.25, 0.3) is 0 Å². The maximum atomic E-state index is 3.87. The SMILES string of the molecule is C=C1CC1C(C)C. The van der Waals surface area contributed by atoms with Crippen molar-refractivity contribution in [2.24, 2.45) is 11.8 Å². The van der Waals surface area contributed by atoms with Gasteiger partial charge in [0.25, 0.3) is 0 Å². The molecule has 0 heterocycles. The maximum Gasteiger partial charge on any atom is -0.0145 e. The standard InChI is InChI=1S/C7H12/c1-5(2)7-4-6(7)3/h5,7H,3-4H2,1-2H3. The molecule has 0 aliphatic heterocycles. The highest BCUT2D eigenvalue weighted by Crippen LogP contribution is 2.41. The van der Waals surface area contributed by atoms with Gasteiger partial charge in [0, 0.05) is 0 Å². The van der Waals surface area contributed by atoms with Gasteiger partial charge in [-0.25, -0.2) is 0 Å². The Labute approximate surface area is 45.2 Å². The van der Waals surface area contributed by atoms with E-state index in [1.165, 1.54) is 12.0 Å². The van der Waals surface area contributed by atoms with Gasteiger partial charge in [-0.1, -0.05) is 26.0 Å². The van der Waals surface area contributed by atoms with E-state index in [1.807, 2.05) is 0 Å². The normalized spacial score (nSPS) is 29.0. The van der Waals surface area contributed by atoms with E-state index >= 15 is 0 Å². The molecule has 40 valence electrons. The van der Waals surface area contributed by atoms with Gasteiger partial charge < -0.3 is 0 Å². The van der Waals surface area contributed by atoms with Crippen LogP contribution in [0.3, 0.4) is 0 Å². The molecule has 1 saturated carbocycles. The fourth-order valence-corrected chi connectivity index (χ4v) is 0.931. The van der Waals surface area contributed by atoms with Gasteiger partial charge in [-0.05, 0) is 18.3 Å². The molecule has 1 aliphatic carbocycles. The van der Waals surface area contributed by atoms with E-state index in [4.69, 9.17) is 0 Å². The average Bonchev–Trinajstić information content (AvgIpc) is 2.17. The Bertz CT molecular complexity index is 90.2. The molecule has 1 aliphatic rings. The Balaban J connectivity index is 2.33. The molecule has 0 nitrogen and oxygen atoms in total. The van der Waals surface area contributed by atoms with E-state index in [2.05, 4.69) is 20.4 Å². The predicted molar refractivity (Wildman–Crippen MR) is 32.1 cm³/mol. The molecule has 0 spiro atoms. The van der Waals surface area contributed by atoms with Crippen molar-refractivity contribution < 1.29 is 0 Å². The topological polar surface area (TPSA) is 0 Å². The Morgan fingerprint density at radius 2 is 2.14 bits per heavy atom. The van der Waals surface area contributed by atoms with Crippen LogP contribution in [0.5, 0.6) is 0 Å². The van der Waals surface area contributed by atoms with E-state index in [1.54, 1.807) is 0 Å². The van der Waals surface area contributed by atoms with Gasteiger partial charge in [-0.2, -0.15) is 0 Å². The third-order valence-electron chi connectivity index (χ3n) is 1.65. The van der Waals surface area contributed by atoms with Crippen LogP contribution >= 0.6 is 0 Å². The number of rotatable bonds is 1. The van der Waals surface area contributed by atoms with Crippen LogP contribution in [0, 0.1) is 11.8 Å². The summed E-state index contributed by atoms with van der Waals surface area (Å²) in [6, 6.07) is 0. The maximum absolute atomic E-state index is 3.87. The lowest BCUT2D eigenvalue weighted by molar-refractivity contribution is 0.581. The van der Waals surface area contributed by atoms with E-state index in [0.29, 0.717) is 0 Å². The Morgan fingerprint density at radius 3 is 2.14 bits per heavy atom. The molecule has 0 saturated heterocycles. The van der Waals surface area contributed by atoms with Crippen molar-refractivity contribution in [3.05, 3.63) is 12.2 Å². The summed E-state index contributed by atoms with van der Waals surface area (Å²) in [5.74, 6) is 1.72. The van der Waals surface area contributed by atoms with E-state index in [-0.39, 0.29) is 0 Å². The van der Waals surface area contributed by atoms with Crippen LogP contribution in [-0.4, -0.2) is 0 Å². The van der Waals surface area contributed by atoms with Gasteiger partial charge in [0.2, 0.25) is 0 Å². The molecular weight excluding hydrogens is 84.1 g/mol. The van der Waals surface area contributed by atoms with Crippen LogP contribution in [-0.2, 0) is 0 Å². The zero-order chi connectivity index (χ0) is 5.44. The summed E-state index contributed by atoms with van der Waals surface area (Å²) in [6.45, 7) is 8.38. The highest BCUT2D eigenvalue weighted by molar-refractivity contribution is 5.19. The fourth-order valence-electron chi connectivity index (χ4n) is 0.931. The van der Waals surface area contributed by atoms with Gasteiger partial charge in [0.05, 0.1) is 0 Å². The quantitative estimate of drug-likeness (QED) is 0.439. The summed E-state index contributed by atoms with van der Waals surface area (Å²) in [6.07, 6.45) is 1.29. The summed E-state index contributed by atoms with van der Waals surface area (Å²) in [5.41, 5.74) is 1.45. The summed E-state index contributed by atoms with van der Waals surface area (Å²) >= 11 is 0. The minimum atomic E-state index is 0.840. The molecule has 1 fully saturated rings. The summed E-state index contributed by atoms with van der Waals surface area (Å²) in [7, 11) is 0. The highest BCUT2D eigenvalue weighted by atomic mass is 14.3. The van der Waals surface area contributed by atoms with Crippen LogP contribution in [0.4, 0.5) is 0 Å². The number of hydrogen-bond donors (Lipinski definition) is 0. The van der Waals surface area contributed by atoms with E-state index < -0.39 is 0 Å². The average molecular weight is 96.2 g/mol. The molecule has 1 atom stereocenters. The minimum absolute atomic E-state index is 0.840. The van der Waals surface area contributed by atoms with E-state index in [9.17, 15) is 0 Å². The zero-order valence-corrected chi connectivity index (χ0v) is 5.07. The lowest BCUT2D eigenvalue weighted by Crippen LogP contribution is -1.86. The number of allylic oxidation sites excluding steroid dienone is 1. The molecule has 1 rings (SSSR count). The summed E-state index contributed by atoms with van der Waals surface area (Å²) < 4.78 is 0. The van der Waals surface area contributed by atoms with Crippen molar-refractivity contribution in [2.45, 2.75) is 20.3 Å². The molecule has 0 radical (unpaired) electrons. The van der Waals surface area contributed by atoms with E-state index in [0.717, 1.165) is 11.8 Å². The largest absolute Gasteiger partial charge is 0.0995 e. The molecule has 0 heteroatoms. The Hall–Kier alpha value is -0.260. The summed E-state index contributed by atoms with van der Waals surface area (Å²) in [4.78, 5) is 0. The minimum Gasteiger partial charge on any atom is -0.0995 e. The van der Waals surface area contributed by atoms with Crippen molar-refractivity contribution in [3.8, 4) is 0 Å². The Kier molecular flexibility index (Phi) is 0.949. The van der Waals surface area contributed by atoms with Crippen molar-refractivity contribution >= 4 is 0 Å². The van der Waals surface area contributed by atoms with Crippen LogP contribution in [0.2, 0.25) is 0 Å². The number of hydrogen-bond acceptors (Lipinski definition) is 0. The molecule has 0 aromatic heterocycles. The second-order valence-electron chi connectivity index (χ2n) is 2.71. The van der Waals surface area contributed by atoms with Crippen molar-refractivity contribution in [1.29, 1.82) is 0 Å². The van der Waals surface area contributed by atoms with Gasteiger partial charge in [-0.15, -0.1) is 0 Å². The van der Waals surface area contributed by atoms with Gasteiger partial charge in [0.1, 0.15) is 0 Å². The van der Waals surface area contributed by atoms with Crippen LogP contribution in [0.15, 0.2) is 12.2 Å². The first kappa shape index (κ1) is 4.89. The monoisotopic (exact) mass is 96.1 g/mol. The molecule has 0 aromatic rings. The Morgan fingerprint density at radius 1 is 1.71 bits per heavy atom. The lowest BCUT2D eigenvalue weighted by atomic mass is 10.1. The fraction of sp³-hybridized carbons (Fsp3) is 0.714. The molecule has 7 heavy (non-hydrogen) atoms. The molecule has 0 aromatic carbocycles. The second-order valence-corrected chi connectivity index (χ2v) is 2.71. The predicted octanol–water partition coefficient (Wildman–Crippen LogP) is 2.22. The highest BCUT2D eigenvalue weighted by Gasteiger charge is 2.29. The molecule has 0 amide bonds. The van der Waals surface area contributed by atoms with Crippen molar-refractivity contribution in [2.75, 3.05) is 0 Å². The zero-order valence-electron chi connectivity index (χ0n) is 5.07. The molecule has 1 unspecified atom stereocenters. The van der Waals surface area contributed by atoms with Crippen molar-refractivity contribution in [1.82, 2.24) is 0 Å². The van der Waals surface area contributed by atoms with Crippen LogP contribution in [0.1, 0.15) is 20.3 Å². The molecule has 0 N–H and O–H groups in total. The molecule has 0 bridgehead atoms. The van der Waals surface area contributed by atoms with Crippen LogP contribution < -0.4 is 0 Å². The second kappa shape index (κ2) is 1.36. The molecular formula is C7H12.